The van der Waals surface area contributed by atoms with Crippen LogP contribution < -0.4 is 11.5 Å². The van der Waals surface area contributed by atoms with Gasteiger partial charge in [-0.2, -0.15) is 0 Å². The fraction of sp³-hybridized carbons (Fsp3) is 0.250. The second-order valence-corrected chi connectivity index (χ2v) is 3.42. The molecule has 0 aromatic heterocycles. The lowest BCUT2D eigenvalue weighted by atomic mass is 10.1. The van der Waals surface area contributed by atoms with Crippen LogP contribution in [0.15, 0.2) is 22.7 Å². The summed E-state index contributed by atoms with van der Waals surface area (Å²) in [5.41, 5.74) is 11.3. The van der Waals surface area contributed by atoms with Gasteiger partial charge in [-0.1, -0.05) is 15.9 Å². The van der Waals surface area contributed by atoms with Gasteiger partial charge in [-0.15, -0.1) is 0 Å². The SMILES string of the molecule is NC[C@@H](N)c1cc(Br)ccc1F. The number of nitrogens with two attached hydrogens (primary N) is 2. The van der Waals surface area contributed by atoms with Crippen molar-refractivity contribution < 1.29 is 4.39 Å². The zero-order valence-electron chi connectivity index (χ0n) is 6.43. The van der Waals surface area contributed by atoms with E-state index in [-0.39, 0.29) is 12.4 Å². The molecule has 0 fully saturated rings. The molecule has 0 amide bonds. The Hall–Kier alpha value is -0.450. The van der Waals surface area contributed by atoms with Gasteiger partial charge in [0.2, 0.25) is 0 Å². The molecule has 0 radical (unpaired) electrons. The van der Waals surface area contributed by atoms with Crippen LogP contribution in [0.3, 0.4) is 0 Å². The normalized spacial score (nSPS) is 13.0. The molecule has 12 heavy (non-hydrogen) atoms. The van der Waals surface area contributed by atoms with Gasteiger partial charge < -0.3 is 11.5 Å². The monoisotopic (exact) mass is 232 g/mol. The predicted octanol–water partition coefficient (Wildman–Crippen LogP) is 1.55. The van der Waals surface area contributed by atoms with Crippen LogP contribution in [0.2, 0.25) is 0 Å². The number of halogens is 2. The van der Waals surface area contributed by atoms with Gasteiger partial charge in [-0.25, -0.2) is 4.39 Å². The molecule has 0 aliphatic rings. The Morgan fingerprint density at radius 1 is 1.50 bits per heavy atom. The Balaban J connectivity index is 3.04. The number of hydrogen-bond acceptors (Lipinski definition) is 2. The zero-order chi connectivity index (χ0) is 9.14. The van der Waals surface area contributed by atoms with Crippen molar-refractivity contribution in [3.63, 3.8) is 0 Å². The highest BCUT2D eigenvalue weighted by Gasteiger charge is 2.09. The number of rotatable bonds is 2. The molecule has 66 valence electrons. The summed E-state index contributed by atoms with van der Waals surface area (Å²) >= 11 is 3.23. The van der Waals surface area contributed by atoms with E-state index in [0.717, 1.165) is 4.47 Å². The second-order valence-electron chi connectivity index (χ2n) is 2.51. The van der Waals surface area contributed by atoms with Gasteiger partial charge in [-0.3, -0.25) is 0 Å². The van der Waals surface area contributed by atoms with E-state index in [4.69, 9.17) is 11.5 Å². The summed E-state index contributed by atoms with van der Waals surface area (Å²) in [6.45, 7) is 0.243. The first-order valence-corrected chi connectivity index (χ1v) is 4.35. The molecule has 2 nitrogen and oxygen atoms in total. The van der Waals surface area contributed by atoms with Gasteiger partial charge in [-0.05, 0) is 18.2 Å². The van der Waals surface area contributed by atoms with Crippen molar-refractivity contribution in [1.29, 1.82) is 0 Å². The third-order valence-corrected chi connectivity index (χ3v) is 2.10. The minimum Gasteiger partial charge on any atom is -0.329 e. The van der Waals surface area contributed by atoms with E-state index in [1.807, 2.05) is 0 Å². The van der Waals surface area contributed by atoms with Gasteiger partial charge in [0.1, 0.15) is 5.82 Å². The lowest BCUT2D eigenvalue weighted by molar-refractivity contribution is 0.583. The minimum atomic E-state index is -0.428. The Labute approximate surface area is 78.9 Å². The van der Waals surface area contributed by atoms with Crippen molar-refractivity contribution in [3.8, 4) is 0 Å². The van der Waals surface area contributed by atoms with Crippen molar-refractivity contribution in [3.05, 3.63) is 34.1 Å². The molecule has 4 heteroatoms. The zero-order valence-corrected chi connectivity index (χ0v) is 8.01. The van der Waals surface area contributed by atoms with Gasteiger partial charge in [0.15, 0.2) is 0 Å². The molecular formula is C8H10BrFN2. The molecular weight excluding hydrogens is 223 g/mol. The van der Waals surface area contributed by atoms with Crippen LogP contribution in [0, 0.1) is 5.82 Å². The summed E-state index contributed by atoms with van der Waals surface area (Å²) in [5, 5.41) is 0. The average molecular weight is 233 g/mol. The summed E-state index contributed by atoms with van der Waals surface area (Å²) in [6.07, 6.45) is 0. The van der Waals surface area contributed by atoms with E-state index in [2.05, 4.69) is 15.9 Å². The highest BCUT2D eigenvalue weighted by Crippen LogP contribution is 2.19. The third kappa shape index (κ3) is 2.03. The van der Waals surface area contributed by atoms with Crippen molar-refractivity contribution in [2.45, 2.75) is 6.04 Å². The fourth-order valence-electron chi connectivity index (χ4n) is 0.926. The molecule has 0 aliphatic heterocycles. The van der Waals surface area contributed by atoms with Crippen molar-refractivity contribution in [1.82, 2.24) is 0 Å². The van der Waals surface area contributed by atoms with E-state index in [9.17, 15) is 4.39 Å². The topological polar surface area (TPSA) is 52.0 Å². The van der Waals surface area contributed by atoms with Gasteiger partial charge >= 0.3 is 0 Å². The van der Waals surface area contributed by atoms with Crippen molar-refractivity contribution >= 4 is 15.9 Å². The van der Waals surface area contributed by atoms with Crippen LogP contribution in [0.25, 0.3) is 0 Å². The quantitative estimate of drug-likeness (QED) is 0.814. The maximum atomic E-state index is 13.1. The van der Waals surface area contributed by atoms with Crippen LogP contribution in [-0.4, -0.2) is 6.54 Å². The summed E-state index contributed by atoms with van der Waals surface area (Å²) in [7, 11) is 0. The van der Waals surface area contributed by atoms with Gasteiger partial charge in [0.25, 0.3) is 0 Å². The first-order valence-electron chi connectivity index (χ1n) is 3.55. The molecule has 1 aromatic carbocycles. The average Bonchev–Trinajstić information content (AvgIpc) is 2.08. The molecule has 4 N–H and O–H groups in total. The molecule has 1 aromatic rings. The van der Waals surface area contributed by atoms with Gasteiger partial charge in [0.05, 0.1) is 0 Å². The Morgan fingerprint density at radius 3 is 2.75 bits per heavy atom. The third-order valence-electron chi connectivity index (χ3n) is 1.61. The first-order chi connectivity index (χ1) is 5.65. The van der Waals surface area contributed by atoms with Crippen LogP contribution in [0.4, 0.5) is 4.39 Å². The minimum absolute atomic E-state index is 0.243. The molecule has 0 unspecified atom stereocenters. The van der Waals surface area contributed by atoms with Crippen LogP contribution in [0.5, 0.6) is 0 Å². The van der Waals surface area contributed by atoms with Crippen LogP contribution in [-0.2, 0) is 0 Å². The van der Waals surface area contributed by atoms with Crippen LogP contribution >= 0.6 is 15.9 Å². The molecule has 0 spiro atoms. The van der Waals surface area contributed by atoms with E-state index >= 15 is 0 Å². The lowest BCUT2D eigenvalue weighted by Gasteiger charge is -2.10. The van der Waals surface area contributed by atoms with E-state index in [0.29, 0.717) is 5.56 Å². The van der Waals surface area contributed by atoms with Crippen LogP contribution in [0.1, 0.15) is 11.6 Å². The summed E-state index contributed by atoms with van der Waals surface area (Å²) in [6, 6.07) is 4.21. The predicted molar refractivity (Wildman–Crippen MR) is 50.1 cm³/mol. The highest BCUT2D eigenvalue weighted by molar-refractivity contribution is 9.10. The highest BCUT2D eigenvalue weighted by atomic mass is 79.9. The number of benzene rings is 1. The smallest absolute Gasteiger partial charge is 0.128 e. The van der Waals surface area contributed by atoms with E-state index < -0.39 is 6.04 Å². The molecule has 0 aliphatic carbocycles. The van der Waals surface area contributed by atoms with Crippen molar-refractivity contribution in [2.24, 2.45) is 11.5 Å². The molecule has 1 rings (SSSR count). The Bertz CT molecular complexity index is 278. The maximum Gasteiger partial charge on any atom is 0.128 e. The molecule has 0 heterocycles. The first kappa shape index (κ1) is 9.64. The summed E-state index contributed by atoms with van der Waals surface area (Å²) in [5.74, 6) is -0.309. The molecule has 0 saturated carbocycles. The second kappa shape index (κ2) is 3.98. The number of hydrogen-bond donors (Lipinski definition) is 2. The standard InChI is InChI=1S/C8H10BrFN2/c9-5-1-2-7(10)6(3-5)8(12)4-11/h1-3,8H,4,11-12H2/t8-/m1/s1. The van der Waals surface area contributed by atoms with E-state index in [1.54, 1.807) is 12.1 Å². The Kier molecular flexibility index (Phi) is 3.20. The summed E-state index contributed by atoms with van der Waals surface area (Å²) in [4.78, 5) is 0. The molecule has 0 bridgehead atoms. The fourth-order valence-corrected chi connectivity index (χ4v) is 1.30. The molecule has 1 atom stereocenters. The lowest BCUT2D eigenvalue weighted by Crippen LogP contribution is -2.21. The largest absolute Gasteiger partial charge is 0.329 e. The molecule has 0 saturated heterocycles. The Morgan fingerprint density at radius 2 is 2.17 bits per heavy atom. The van der Waals surface area contributed by atoms with E-state index in [1.165, 1.54) is 6.07 Å². The summed E-state index contributed by atoms with van der Waals surface area (Å²) < 4.78 is 13.9. The van der Waals surface area contributed by atoms with Crippen molar-refractivity contribution in [2.75, 3.05) is 6.54 Å². The van der Waals surface area contributed by atoms with Gasteiger partial charge in [0, 0.05) is 22.6 Å². The maximum absolute atomic E-state index is 13.1.